The van der Waals surface area contributed by atoms with E-state index in [-0.39, 0.29) is 6.61 Å². The molecule has 0 heterocycles. The van der Waals surface area contributed by atoms with E-state index in [4.69, 9.17) is 15.0 Å². The summed E-state index contributed by atoms with van der Waals surface area (Å²) >= 11 is 0. The standard InChI is InChI=1S/C3H9O6P/c1-3(2-8-4)9-10(5,6)7/h3-4H,2H2,1H3,(H2,5,6,7). The van der Waals surface area contributed by atoms with Crippen LogP contribution in [0.15, 0.2) is 0 Å². The van der Waals surface area contributed by atoms with Crippen molar-refractivity contribution >= 4 is 7.82 Å². The maximum atomic E-state index is 10.1. The Morgan fingerprint density at radius 3 is 2.40 bits per heavy atom. The fraction of sp³-hybridized carbons (Fsp3) is 1.00. The van der Waals surface area contributed by atoms with Gasteiger partial charge in [0.2, 0.25) is 0 Å². The van der Waals surface area contributed by atoms with Crippen molar-refractivity contribution in [3.8, 4) is 0 Å². The van der Waals surface area contributed by atoms with Crippen LogP contribution in [0.4, 0.5) is 0 Å². The van der Waals surface area contributed by atoms with Gasteiger partial charge in [-0.1, -0.05) is 0 Å². The molecular formula is C3H9O6P. The van der Waals surface area contributed by atoms with Crippen LogP contribution in [0.5, 0.6) is 0 Å². The number of rotatable bonds is 4. The predicted molar refractivity (Wildman–Crippen MR) is 31.2 cm³/mol. The summed E-state index contributed by atoms with van der Waals surface area (Å²) in [7, 11) is -4.44. The van der Waals surface area contributed by atoms with Crippen LogP contribution in [0.2, 0.25) is 0 Å². The Hall–Kier alpha value is 0.0300. The molecule has 0 fully saturated rings. The van der Waals surface area contributed by atoms with Gasteiger partial charge in [-0.3, -0.25) is 9.78 Å². The van der Waals surface area contributed by atoms with Crippen molar-refractivity contribution in [3.63, 3.8) is 0 Å². The molecule has 0 spiro atoms. The smallest absolute Gasteiger partial charge is 0.303 e. The van der Waals surface area contributed by atoms with Gasteiger partial charge in [-0.15, -0.1) is 0 Å². The Morgan fingerprint density at radius 2 is 2.10 bits per heavy atom. The molecule has 0 radical (unpaired) electrons. The minimum Gasteiger partial charge on any atom is -0.303 e. The van der Waals surface area contributed by atoms with Crippen LogP contribution in [0.1, 0.15) is 6.92 Å². The van der Waals surface area contributed by atoms with Crippen molar-refractivity contribution in [1.82, 2.24) is 0 Å². The zero-order chi connectivity index (χ0) is 8.20. The number of phosphoric ester groups is 1. The monoisotopic (exact) mass is 172 g/mol. The fourth-order valence-corrected chi connectivity index (χ4v) is 0.899. The molecule has 10 heavy (non-hydrogen) atoms. The molecule has 0 rings (SSSR count). The maximum Gasteiger partial charge on any atom is 0.469 e. The summed E-state index contributed by atoms with van der Waals surface area (Å²) in [4.78, 5) is 19.9. The summed E-state index contributed by atoms with van der Waals surface area (Å²) in [5, 5.41) is 7.80. The second-order valence-electron chi connectivity index (χ2n) is 1.70. The lowest BCUT2D eigenvalue weighted by molar-refractivity contribution is -0.254. The molecule has 6 nitrogen and oxygen atoms in total. The molecule has 7 heteroatoms. The summed E-state index contributed by atoms with van der Waals surface area (Å²) in [6, 6.07) is 0. The van der Waals surface area contributed by atoms with E-state index >= 15 is 0 Å². The molecule has 0 amide bonds. The van der Waals surface area contributed by atoms with E-state index < -0.39 is 13.9 Å². The van der Waals surface area contributed by atoms with E-state index in [1.165, 1.54) is 6.92 Å². The highest BCUT2D eigenvalue weighted by atomic mass is 31.2. The van der Waals surface area contributed by atoms with Gasteiger partial charge in [0.25, 0.3) is 0 Å². The number of hydrogen-bond acceptors (Lipinski definition) is 4. The summed E-state index contributed by atoms with van der Waals surface area (Å²) in [6.45, 7) is 1.08. The van der Waals surface area contributed by atoms with E-state index in [1.807, 2.05) is 0 Å². The highest BCUT2D eigenvalue weighted by molar-refractivity contribution is 7.46. The molecule has 0 aliphatic carbocycles. The lowest BCUT2D eigenvalue weighted by Crippen LogP contribution is -2.13. The minimum atomic E-state index is -4.44. The van der Waals surface area contributed by atoms with Crippen molar-refractivity contribution in [1.29, 1.82) is 0 Å². The van der Waals surface area contributed by atoms with Gasteiger partial charge in [0, 0.05) is 0 Å². The minimum absolute atomic E-state index is 0.273. The average molecular weight is 172 g/mol. The van der Waals surface area contributed by atoms with Gasteiger partial charge in [-0.25, -0.2) is 9.45 Å². The topological polar surface area (TPSA) is 96.2 Å². The SMILES string of the molecule is CC(COO)OP(=O)(O)O. The Morgan fingerprint density at radius 1 is 1.60 bits per heavy atom. The first-order chi connectivity index (χ1) is 4.45. The molecule has 1 unspecified atom stereocenters. The van der Waals surface area contributed by atoms with Gasteiger partial charge in [-0.2, -0.15) is 0 Å². The van der Waals surface area contributed by atoms with E-state index in [2.05, 4.69) is 9.41 Å². The molecule has 0 aromatic rings. The largest absolute Gasteiger partial charge is 0.469 e. The van der Waals surface area contributed by atoms with Crippen molar-refractivity contribution in [2.75, 3.05) is 6.61 Å². The van der Waals surface area contributed by atoms with Crippen LogP contribution in [0.3, 0.4) is 0 Å². The number of hydrogen-bond donors (Lipinski definition) is 3. The van der Waals surface area contributed by atoms with E-state index in [0.717, 1.165) is 0 Å². The van der Waals surface area contributed by atoms with Gasteiger partial charge in [0.1, 0.15) is 6.61 Å². The lowest BCUT2D eigenvalue weighted by Gasteiger charge is -2.10. The maximum absolute atomic E-state index is 10.1. The summed E-state index contributed by atoms with van der Waals surface area (Å²) in [6.07, 6.45) is -0.828. The van der Waals surface area contributed by atoms with E-state index in [0.29, 0.717) is 0 Å². The Bertz CT molecular complexity index is 129. The van der Waals surface area contributed by atoms with Crippen molar-refractivity contribution in [2.24, 2.45) is 0 Å². The van der Waals surface area contributed by atoms with Crippen molar-refractivity contribution in [3.05, 3.63) is 0 Å². The molecule has 3 N–H and O–H groups in total. The summed E-state index contributed by atoms with van der Waals surface area (Å²) in [5.74, 6) is 0. The van der Waals surface area contributed by atoms with Crippen LogP contribution in [0.25, 0.3) is 0 Å². The van der Waals surface area contributed by atoms with Gasteiger partial charge < -0.3 is 9.79 Å². The van der Waals surface area contributed by atoms with Crippen LogP contribution >= 0.6 is 7.82 Å². The molecule has 0 saturated carbocycles. The molecule has 1 atom stereocenters. The van der Waals surface area contributed by atoms with Crippen LogP contribution in [-0.4, -0.2) is 27.8 Å². The van der Waals surface area contributed by atoms with Crippen LogP contribution in [0, 0.1) is 0 Å². The highest BCUT2D eigenvalue weighted by Crippen LogP contribution is 2.37. The second-order valence-corrected chi connectivity index (χ2v) is 2.89. The van der Waals surface area contributed by atoms with Gasteiger partial charge in [0.05, 0.1) is 6.10 Å². The highest BCUT2D eigenvalue weighted by Gasteiger charge is 2.18. The molecule has 0 saturated heterocycles. The Kier molecular flexibility index (Phi) is 4.04. The fourth-order valence-electron chi connectivity index (χ4n) is 0.370. The molecule has 0 aromatic carbocycles. The average Bonchev–Trinajstić information content (AvgIpc) is 1.59. The Balaban J connectivity index is 3.58. The van der Waals surface area contributed by atoms with Crippen LogP contribution < -0.4 is 0 Å². The second kappa shape index (κ2) is 4.02. The van der Waals surface area contributed by atoms with Gasteiger partial charge in [-0.05, 0) is 6.92 Å². The zero-order valence-corrected chi connectivity index (χ0v) is 6.19. The Labute approximate surface area is 57.6 Å². The molecule has 0 aromatic heterocycles. The third-order valence-corrected chi connectivity index (χ3v) is 1.26. The predicted octanol–water partition coefficient (Wildman–Crippen LogP) is -0.0262. The lowest BCUT2D eigenvalue weighted by atomic mass is 10.5. The van der Waals surface area contributed by atoms with Crippen molar-refractivity contribution < 1.29 is 29.0 Å². The third-order valence-electron chi connectivity index (χ3n) is 0.627. The normalized spacial score (nSPS) is 15.2. The first-order valence-electron chi connectivity index (χ1n) is 2.46. The van der Waals surface area contributed by atoms with Crippen molar-refractivity contribution in [2.45, 2.75) is 13.0 Å². The molecule has 0 aliphatic heterocycles. The zero-order valence-electron chi connectivity index (χ0n) is 5.30. The molecule has 62 valence electrons. The molecule has 0 aliphatic rings. The number of phosphoric acid groups is 1. The summed E-state index contributed by atoms with van der Waals surface area (Å²) < 4.78 is 14.1. The van der Waals surface area contributed by atoms with E-state index in [1.54, 1.807) is 0 Å². The quantitative estimate of drug-likeness (QED) is 0.313. The molecular weight excluding hydrogens is 163 g/mol. The van der Waals surface area contributed by atoms with Gasteiger partial charge in [0.15, 0.2) is 0 Å². The first-order valence-corrected chi connectivity index (χ1v) is 3.99. The van der Waals surface area contributed by atoms with Gasteiger partial charge >= 0.3 is 7.82 Å². The third kappa shape index (κ3) is 6.15. The summed E-state index contributed by atoms with van der Waals surface area (Å²) in [5.41, 5.74) is 0. The van der Waals surface area contributed by atoms with E-state index in [9.17, 15) is 4.57 Å². The first kappa shape index (κ1) is 10.0. The molecule has 0 bridgehead atoms. The van der Waals surface area contributed by atoms with Crippen LogP contribution in [-0.2, 0) is 14.0 Å².